The van der Waals surface area contributed by atoms with Crippen LogP contribution in [-0.2, 0) is 24.6 Å². The molecule has 0 spiro atoms. The van der Waals surface area contributed by atoms with E-state index in [2.05, 4.69) is 25.2 Å². The number of tetrazole rings is 1. The Labute approximate surface area is 128 Å². The van der Waals surface area contributed by atoms with Crippen LogP contribution < -0.4 is 4.74 Å². The first-order chi connectivity index (χ1) is 10.7. The van der Waals surface area contributed by atoms with E-state index in [9.17, 15) is 18.0 Å². The Bertz CT molecular complexity index is 729. The molecule has 2 aromatic rings. The number of carbonyl (C=O) groups excluding carboxylic acids is 1. The molecule has 0 bridgehead atoms. The predicted octanol–water partition coefficient (Wildman–Crippen LogP) is 1.30. The van der Waals surface area contributed by atoms with E-state index in [1.165, 1.54) is 18.7 Å². The molecule has 0 amide bonds. The number of nitrogens with zero attached hydrogens (tertiary/aromatic N) is 5. The van der Waals surface area contributed by atoms with Gasteiger partial charge in [0.1, 0.15) is 5.56 Å². The van der Waals surface area contributed by atoms with Gasteiger partial charge in [-0.05, 0) is 29.0 Å². The van der Waals surface area contributed by atoms with Crippen molar-refractivity contribution in [2.45, 2.75) is 19.7 Å². The molecule has 0 saturated heterocycles. The van der Waals surface area contributed by atoms with Gasteiger partial charge in [0.2, 0.25) is 5.88 Å². The van der Waals surface area contributed by atoms with E-state index in [-0.39, 0.29) is 23.6 Å². The number of hydrogen-bond donors (Lipinski definition) is 0. The van der Waals surface area contributed by atoms with Crippen molar-refractivity contribution < 1.29 is 27.4 Å². The Morgan fingerprint density at radius 1 is 1.39 bits per heavy atom. The number of hydrogen-bond acceptors (Lipinski definition) is 7. The average Bonchev–Trinajstić information content (AvgIpc) is 2.89. The number of aromatic nitrogens is 5. The van der Waals surface area contributed by atoms with Crippen LogP contribution in [0.1, 0.15) is 27.4 Å². The molecule has 0 aliphatic carbocycles. The molecule has 0 aromatic carbocycles. The van der Waals surface area contributed by atoms with Crippen LogP contribution in [0.3, 0.4) is 0 Å². The highest BCUT2D eigenvalue weighted by atomic mass is 19.4. The Balaban J connectivity index is 2.41. The predicted molar refractivity (Wildman–Crippen MR) is 68.4 cm³/mol. The smallest absolute Gasteiger partial charge is 0.433 e. The molecule has 124 valence electrons. The van der Waals surface area contributed by atoms with Gasteiger partial charge in [0.15, 0.2) is 18.1 Å². The molecule has 0 fully saturated rings. The topological polar surface area (TPSA) is 92.0 Å². The normalized spacial score (nSPS) is 11.4. The van der Waals surface area contributed by atoms with Crippen LogP contribution in [0.2, 0.25) is 0 Å². The van der Waals surface area contributed by atoms with Gasteiger partial charge in [0.05, 0.1) is 7.11 Å². The lowest BCUT2D eigenvalue weighted by Crippen LogP contribution is -2.16. The molecule has 0 aliphatic rings. The highest BCUT2D eigenvalue weighted by Gasteiger charge is 2.36. The maximum absolute atomic E-state index is 13.0. The summed E-state index contributed by atoms with van der Waals surface area (Å²) in [6.07, 6.45) is -4.68. The maximum atomic E-state index is 13.0. The number of carbonyl (C=O) groups is 1. The van der Waals surface area contributed by atoms with E-state index in [1.807, 2.05) is 0 Å². The van der Waals surface area contributed by atoms with E-state index in [0.29, 0.717) is 0 Å². The molecular formula is C12H12F3N5O3. The van der Waals surface area contributed by atoms with Crippen LogP contribution >= 0.6 is 0 Å². The molecule has 0 N–H and O–H groups in total. The van der Waals surface area contributed by atoms with Crippen molar-refractivity contribution in [3.05, 3.63) is 28.7 Å². The quantitative estimate of drug-likeness (QED) is 0.780. The van der Waals surface area contributed by atoms with Crippen molar-refractivity contribution in [2.24, 2.45) is 7.05 Å². The van der Waals surface area contributed by atoms with Crippen molar-refractivity contribution >= 4 is 5.97 Å². The molecule has 2 heterocycles. The van der Waals surface area contributed by atoms with Gasteiger partial charge >= 0.3 is 12.1 Å². The van der Waals surface area contributed by atoms with Gasteiger partial charge in [-0.1, -0.05) is 0 Å². The molecule has 0 saturated carbocycles. The molecule has 2 aromatic heterocycles. The Hall–Kier alpha value is -2.72. The van der Waals surface area contributed by atoms with E-state index < -0.39 is 23.7 Å². The standard InChI is InChI=1S/C12H12F3N5O3/c1-6-4-7(11(21)22-3)10(16-9(6)12(13,14)15)23-5-8-17-18-19-20(8)2/h4H,5H2,1-3H3. The summed E-state index contributed by atoms with van der Waals surface area (Å²) in [6.45, 7) is 0.930. The fourth-order valence-electron chi connectivity index (χ4n) is 1.75. The lowest BCUT2D eigenvalue weighted by molar-refractivity contribution is -0.141. The Morgan fingerprint density at radius 2 is 2.09 bits per heavy atom. The van der Waals surface area contributed by atoms with E-state index in [0.717, 1.165) is 13.2 Å². The summed E-state index contributed by atoms with van der Waals surface area (Å²) < 4.78 is 49.9. The van der Waals surface area contributed by atoms with E-state index in [4.69, 9.17) is 4.74 Å². The number of esters is 1. The van der Waals surface area contributed by atoms with Gasteiger partial charge in [-0.25, -0.2) is 14.5 Å². The van der Waals surface area contributed by atoms with Crippen molar-refractivity contribution in [1.29, 1.82) is 0 Å². The molecule has 2 rings (SSSR count). The fourth-order valence-corrected chi connectivity index (χ4v) is 1.75. The third kappa shape index (κ3) is 3.55. The third-order valence-electron chi connectivity index (χ3n) is 2.90. The summed E-state index contributed by atoms with van der Waals surface area (Å²) in [5.41, 5.74) is -1.57. The maximum Gasteiger partial charge on any atom is 0.433 e. The number of pyridine rings is 1. The number of alkyl halides is 3. The molecule has 0 radical (unpaired) electrons. The summed E-state index contributed by atoms with van der Waals surface area (Å²) >= 11 is 0. The van der Waals surface area contributed by atoms with E-state index >= 15 is 0 Å². The van der Waals surface area contributed by atoms with Crippen molar-refractivity contribution in [3.63, 3.8) is 0 Å². The van der Waals surface area contributed by atoms with Crippen LogP contribution in [0.15, 0.2) is 6.07 Å². The minimum atomic E-state index is -4.68. The lowest BCUT2D eigenvalue weighted by Gasteiger charge is -2.14. The number of ether oxygens (including phenoxy) is 2. The summed E-state index contributed by atoms with van der Waals surface area (Å²) in [5.74, 6) is -1.12. The zero-order valence-electron chi connectivity index (χ0n) is 12.4. The third-order valence-corrected chi connectivity index (χ3v) is 2.90. The number of methoxy groups -OCH3 is 1. The number of halogens is 3. The largest absolute Gasteiger partial charge is 0.469 e. The van der Waals surface area contributed by atoms with Crippen LogP contribution in [0, 0.1) is 6.92 Å². The van der Waals surface area contributed by atoms with Gasteiger partial charge in [0.25, 0.3) is 0 Å². The second kappa shape index (κ2) is 6.18. The minimum absolute atomic E-state index is 0.215. The molecule has 0 unspecified atom stereocenters. The molecule has 0 atom stereocenters. The van der Waals surface area contributed by atoms with Crippen LogP contribution in [0.5, 0.6) is 5.88 Å². The van der Waals surface area contributed by atoms with Gasteiger partial charge < -0.3 is 9.47 Å². The SMILES string of the molecule is COC(=O)c1cc(C)c(C(F)(F)F)nc1OCc1nnnn1C. The first-order valence-electron chi connectivity index (χ1n) is 6.25. The lowest BCUT2D eigenvalue weighted by atomic mass is 10.1. The van der Waals surface area contributed by atoms with Gasteiger partial charge in [-0.15, -0.1) is 5.10 Å². The second-order valence-electron chi connectivity index (χ2n) is 4.50. The van der Waals surface area contributed by atoms with Crippen molar-refractivity contribution in [2.75, 3.05) is 7.11 Å². The summed E-state index contributed by atoms with van der Waals surface area (Å²) in [4.78, 5) is 15.1. The summed E-state index contributed by atoms with van der Waals surface area (Å²) in [6, 6.07) is 1.02. The highest BCUT2D eigenvalue weighted by molar-refractivity contribution is 5.92. The van der Waals surface area contributed by atoms with Crippen LogP contribution in [0.4, 0.5) is 13.2 Å². The molecule has 8 nitrogen and oxygen atoms in total. The summed E-state index contributed by atoms with van der Waals surface area (Å²) in [5, 5.41) is 10.6. The first-order valence-corrected chi connectivity index (χ1v) is 6.25. The van der Waals surface area contributed by atoms with Crippen LogP contribution in [-0.4, -0.2) is 38.3 Å². The molecule has 11 heteroatoms. The summed E-state index contributed by atoms with van der Waals surface area (Å²) in [7, 11) is 2.63. The fraction of sp³-hybridized carbons (Fsp3) is 0.417. The monoisotopic (exact) mass is 331 g/mol. The Kier molecular flexibility index (Phi) is 4.48. The van der Waals surface area contributed by atoms with Crippen LogP contribution in [0.25, 0.3) is 0 Å². The minimum Gasteiger partial charge on any atom is -0.469 e. The zero-order valence-corrected chi connectivity index (χ0v) is 12.4. The van der Waals surface area contributed by atoms with E-state index in [1.54, 1.807) is 0 Å². The first kappa shape index (κ1) is 16.6. The van der Waals surface area contributed by atoms with Gasteiger partial charge in [-0.2, -0.15) is 13.2 Å². The van der Waals surface area contributed by atoms with Gasteiger partial charge in [-0.3, -0.25) is 0 Å². The molecule has 0 aliphatic heterocycles. The van der Waals surface area contributed by atoms with Crippen molar-refractivity contribution in [1.82, 2.24) is 25.2 Å². The second-order valence-corrected chi connectivity index (χ2v) is 4.50. The zero-order chi connectivity index (χ0) is 17.2. The highest BCUT2D eigenvalue weighted by Crippen LogP contribution is 2.33. The molecular weight excluding hydrogens is 319 g/mol. The average molecular weight is 331 g/mol. The van der Waals surface area contributed by atoms with Gasteiger partial charge in [0, 0.05) is 7.05 Å². The van der Waals surface area contributed by atoms with Crippen molar-refractivity contribution in [3.8, 4) is 5.88 Å². The number of aryl methyl sites for hydroxylation is 2. The number of rotatable bonds is 4. The Morgan fingerprint density at radius 3 is 2.61 bits per heavy atom. The molecule has 23 heavy (non-hydrogen) atoms.